The molecule has 4 nitrogen and oxygen atoms in total. The highest BCUT2D eigenvalue weighted by Gasteiger charge is 2.20. The molecule has 0 aromatic heterocycles. The van der Waals surface area contributed by atoms with Crippen molar-refractivity contribution in [2.24, 2.45) is 0 Å². The predicted octanol–water partition coefficient (Wildman–Crippen LogP) is 2.17. The van der Waals surface area contributed by atoms with E-state index in [1.165, 1.54) is 6.42 Å². The fraction of sp³-hybridized carbons (Fsp3) is 0.588. The monoisotopic (exact) mass is 322 g/mol. The molecule has 1 aromatic rings. The number of benzene rings is 1. The number of carbonyl (C=O) groups is 1. The molecule has 1 fully saturated rings. The zero-order valence-electron chi connectivity index (χ0n) is 13.5. The number of amides is 1. The third-order valence-electron chi connectivity index (χ3n) is 4.02. The molecule has 2 rings (SSSR count). The molecule has 0 aliphatic carbocycles. The van der Waals surface area contributed by atoms with Gasteiger partial charge < -0.3 is 10.2 Å². The molecule has 1 saturated heterocycles. The molecular formula is C17H26N2O2S. The van der Waals surface area contributed by atoms with Gasteiger partial charge in [-0.2, -0.15) is 0 Å². The van der Waals surface area contributed by atoms with E-state index in [-0.39, 0.29) is 11.9 Å². The summed E-state index contributed by atoms with van der Waals surface area (Å²) in [5.74, 6) is 0.481. The maximum atomic E-state index is 12.4. The van der Waals surface area contributed by atoms with Gasteiger partial charge in [-0.1, -0.05) is 19.1 Å². The second-order valence-corrected chi connectivity index (χ2v) is 7.44. The quantitative estimate of drug-likeness (QED) is 0.873. The van der Waals surface area contributed by atoms with Crippen LogP contribution in [0.4, 0.5) is 0 Å². The van der Waals surface area contributed by atoms with Gasteiger partial charge in [0.15, 0.2) is 0 Å². The molecule has 0 bridgehead atoms. The summed E-state index contributed by atoms with van der Waals surface area (Å²) in [5.41, 5.74) is 1.62. The van der Waals surface area contributed by atoms with E-state index in [4.69, 9.17) is 0 Å². The normalized spacial score (nSPS) is 18.1. The average molecular weight is 322 g/mol. The van der Waals surface area contributed by atoms with E-state index >= 15 is 0 Å². The van der Waals surface area contributed by atoms with Gasteiger partial charge in [-0.25, -0.2) is 0 Å². The number of nitrogens with one attached hydrogen (secondary N) is 1. The van der Waals surface area contributed by atoms with Crippen molar-refractivity contribution in [1.82, 2.24) is 10.2 Å². The van der Waals surface area contributed by atoms with Crippen LogP contribution in [0.15, 0.2) is 24.3 Å². The van der Waals surface area contributed by atoms with Crippen LogP contribution in [0.5, 0.6) is 0 Å². The summed E-state index contributed by atoms with van der Waals surface area (Å²) in [5, 5.41) is 3.14. The Balaban J connectivity index is 1.88. The molecule has 5 heteroatoms. The standard InChI is InChI=1S/C17H26N2O2S/c1-3-9-19-10-7-16(8-11-19)18-17(20)15-6-4-5-14(12-15)13-22(2)21/h4-6,12,16H,3,7-11,13H2,1-2H3,(H,18,20). The molecule has 1 aliphatic rings. The maximum Gasteiger partial charge on any atom is 0.251 e. The zero-order chi connectivity index (χ0) is 15.9. The van der Waals surface area contributed by atoms with Crippen LogP contribution in [0.2, 0.25) is 0 Å². The van der Waals surface area contributed by atoms with Crippen LogP contribution in [0.1, 0.15) is 42.1 Å². The summed E-state index contributed by atoms with van der Waals surface area (Å²) >= 11 is 0. The number of rotatable bonds is 6. The number of carbonyl (C=O) groups excluding carboxylic acids is 1. The van der Waals surface area contributed by atoms with Crippen molar-refractivity contribution in [2.75, 3.05) is 25.9 Å². The number of nitrogens with zero attached hydrogens (tertiary/aromatic N) is 1. The molecule has 1 amide bonds. The lowest BCUT2D eigenvalue weighted by Gasteiger charge is -2.32. The minimum Gasteiger partial charge on any atom is -0.349 e. The molecule has 0 radical (unpaired) electrons. The van der Waals surface area contributed by atoms with Gasteiger partial charge in [0.05, 0.1) is 0 Å². The van der Waals surface area contributed by atoms with E-state index in [0.717, 1.165) is 38.0 Å². The Labute approximate surface area is 135 Å². The van der Waals surface area contributed by atoms with Crippen LogP contribution in [-0.2, 0) is 16.6 Å². The van der Waals surface area contributed by atoms with E-state index in [9.17, 15) is 9.00 Å². The van der Waals surface area contributed by atoms with Gasteiger partial charge in [0.2, 0.25) is 0 Å². The van der Waals surface area contributed by atoms with Crippen molar-refractivity contribution in [3.8, 4) is 0 Å². The molecule has 22 heavy (non-hydrogen) atoms. The van der Waals surface area contributed by atoms with Crippen LogP contribution >= 0.6 is 0 Å². The van der Waals surface area contributed by atoms with E-state index in [1.807, 2.05) is 24.3 Å². The van der Waals surface area contributed by atoms with Gasteiger partial charge in [0, 0.05) is 47.5 Å². The summed E-state index contributed by atoms with van der Waals surface area (Å²) in [6, 6.07) is 7.72. The topological polar surface area (TPSA) is 49.4 Å². The SMILES string of the molecule is CCCN1CCC(NC(=O)c2cccc(CS(C)=O)c2)CC1. The first kappa shape index (κ1) is 17.2. The van der Waals surface area contributed by atoms with Crippen LogP contribution in [-0.4, -0.2) is 46.9 Å². The highest BCUT2D eigenvalue weighted by molar-refractivity contribution is 7.83. The Morgan fingerprint density at radius 3 is 2.73 bits per heavy atom. The molecule has 0 saturated carbocycles. The lowest BCUT2D eigenvalue weighted by Crippen LogP contribution is -2.44. The third kappa shape index (κ3) is 5.21. The highest BCUT2D eigenvalue weighted by atomic mass is 32.2. The maximum absolute atomic E-state index is 12.4. The van der Waals surface area contributed by atoms with Gasteiger partial charge in [0.25, 0.3) is 5.91 Å². The summed E-state index contributed by atoms with van der Waals surface area (Å²) in [7, 11) is -0.888. The van der Waals surface area contributed by atoms with Crippen molar-refractivity contribution in [1.29, 1.82) is 0 Å². The summed E-state index contributed by atoms with van der Waals surface area (Å²) < 4.78 is 11.3. The molecule has 122 valence electrons. The van der Waals surface area contributed by atoms with Crippen LogP contribution in [0.3, 0.4) is 0 Å². The predicted molar refractivity (Wildman–Crippen MR) is 91.4 cm³/mol. The summed E-state index contributed by atoms with van der Waals surface area (Å²) in [6.45, 7) is 5.47. The first-order chi connectivity index (χ1) is 10.6. The molecule has 1 N–H and O–H groups in total. The Morgan fingerprint density at radius 1 is 1.36 bits per heavy atom. The number of likely N-dealkylation sites (tertiary alicyclic amines) is 1. The van der Waals surface area contributed by atoms with E-state index < -0.39 is 10.8 Å². The molecule has 1 aliphatic heterocycles. The Bertz CT molecular complexity index is 525. The van der Waals surface area contributed by atoms with Gasteiger partial charge in [-0.05, 0) is 43.5 Å². The van der Waals surface area contributed by atoms with Crippen molar-refractivity contribution in [3.63, 3.8) is 0 Å². The van der Waals surface area contributed by atoms with Gasteiger partial charge in [-0.15, -0.1) is 0 Å². The van der Waals surface area contributed by atoms with E-state index in [2.05, 4.69) is 17.1 Å². The van der Waals surface area contributed by atoms with Crippen molar-refractivity contribution < 1.29 is 9.00 Å². The number of hydrogen-bond donors (Lipinski definition) is 1. The summed E-state index contributed by atoms with van der Waals surface area (Å²) in [4.78, 5) is 14.8. The fourth-order valence-electron chi connectivity index (χ4n) is 2.92. The minimum absolute atomic E-state index is 0.0160. The molecule has 0 spiro atoms. The molecule has 1 aromatic carbocycles. The second-order valence-electron chi connectivity index (χ2n) is 6.01. The van der Waals surface area contributed by atoms with Crippen LogP contribution in [0, 0.1) is 0 Å². The van der Waals surface area contributed by atoms with Crippen LogP contribution in [0.25, 0.3) is 0 Å². The molecule has 1 unspecified atom stereocenters. The van der Waals surface area contributed by atoms with Crippen molar-refractivity contribution in [3.05, 3.63) is 35.4 Å². The summed E-state index contributed by atoms with van der Waals surface area (Å²) in [6.07, 6.45) is 4.90. The lowest BCUT2D eigenvalue weighted by atomic mass is 10.0. The lowest BCUT2D eigenvalue weighted by molar-refractivity contribution is 0.0911. The van der Waals surface area contributed by atoms with E-state index in [1.54, 1.807) is 6.26 Å². The highest BCUT2D eigenvalue weighted by Crippen LogP contribution is 2.13. The Morgan fingerprint density at radius 2 is 2.09 bits per heavy atom. The first-order valence-electron chi connectivity index (χ1n) is 8.00. The molecule has 1 atom stereocenters. The largest absolute Gasteiger partial charge is 0.349 e. The van der Waals surface area contributed by atoms with Crippen molar-refractivity contribution >= 4 is 16.7 Å². The van der Waals surface area contributed by atoms with Gasteiger partial charge in [-0.3, -0.25) is 9.00 Å². The van der Waals surface area contributed by atoms with Crippen LogP contribution < -0.4 is 5.32 Å². The van der Waals surface area contributed by atoms with Crippen molar-refractivity contribution in [2.45, 2.75) is 38.0 Å². The second kappa shape index (κ2) is 8.44. The molecule has 1 heterocycles. The number of hydrogen-bond acceptors (Lipinski definition) is 3. The van der Waals surface area contributed by atoms with Gasteiger partial charge in [0.1, 0.15) is 0 Å². The Hall–Kier alpha value is -1.20. The minimum atomic E-state index is -0.888. The van der Waals surface area contributed by atoms with Gasteiger partial charge >= 0.3 is 0 Å². The van der Waals surface area contributed by atoms with E-state index in [0.29, 0.717) is 11.3 Å². The Kier molecular flexibility index (Phi) is 6.58. The smallest absolute Gasteiger partial charge is 0.251 e. The average Bonchev–Trinajstić information content (AvgIpc) is 2.49. The third-order valence-corrected chi connectivity index (χ3v) is 4.76. The fourth-order valence-corrected chi connectivity index (χ4v) is 3.57. The first-order valence-corrected chi connectivity index (χ1v) is 9.73. The zero-order valence-corrected chi connectivity index (χ0v) is 14.3. The number of piperidine rings is 1. The molecular weight excluding hydrogens is 296 g/mol.